The van der Waals surface area contributed by atoms with Crippen molar-refractivity contribution in [2.75, 3.05) is 0 Å². The predicted octanol–water partition coefficient (Wildman–Crippen LogP) is 2.07. The van der Waals surface area contributed by atoms with Gasteiger partial charge >= 0.3 is 0 Å². The Morgan fingerprint density at radius 3 is 2.25 bits per heavy atom. The minimum absolute atomic E-state index is 0.823. The molecule has 1 heterocycles. The monoisotopic (exact) mass is 250 g/mol. The molecule has 0 bridgehead atoms. The van der Waals surface area contributed by atoms with Crippen molar-refractivity contribution in [1.29, 1.82) is 0 Å². The van der Waals surface area contributed by atoms with Crippen LogP contribution >= 0.6 is 43.2 Å². The van der Waals surface area contributed by atoms with Crippen LogP contribution in [-0.2, 0) is 0 Å². The van der Waals surface area contributed by atoms with Crippen molar-refractivity contribution in [2.45, 2.75) is 0 Å². The quantitative estimate of drug-likeness (QED) is 0.620. The highest BCUT2D eigenvalue weighted by Gasteiger charge is 1.97. The van der Waals surface area contributed by atoms with Crippen molar-refractivity contribution in [3.63, 3.8) is 0 Å². The first kappa shape index (κ1) is 6.84. The molecular formula is C4HBBr2S. The van der Waals surface area contributed by atoms with Crippen LogP contribution in [0.1, 0.15) is 0 Å². The lowest BCUT2D eigenvalue weighted by Gasteiger charge is -1.75. The zero-order valence-corrected chi connectivity index (χ0v) is 7.81. The largest absolute Gasteiger partial charge is 0.144 e. The molecule has 0 aliphatic rings. The summed E-state index contributed by atoms with van der Waals surface area (Å²) < 4.78 is 2.90. The first-order valence-corrected chi connectivity index (χ1v) is 4.30. The van der Waals surface area contributed by atoms with E-state index in [0.29, 0.717) is 0 Å². The molecule has 40 valence electrons. The number of rotatable bonds is 0. The molecular weight excluding hydrogens is 251 g/mol. The van der Waals surface area contributed by atoms with E-state index in [4.69, 9.17) is 7.85 Å². The molecule has 8 heavy (non-hydrogen) atoms. The zero-order chi connectivity index (χ0) is 6.15. The van der Waals surface area contributed by atoms with Crippen molar-refractivity contribution in [3.05, 3.63) is 14.3 Å². The molecule has 2 radical (unpaired) electrons. The third-order valence-corrected chi connectivity index (χ3v) is 3.75. The fourth-order valence-electron chi connectivity index (χ4n) is 0.363. The van der Waals surface area contributed by atoms with Crippen LogP contribution in [0.2, 0.25) is 0 Å². The van der Waals surface area contributed by atoms with Gasteiger partial charge in [0.05, 0.1) is 3.79 Å². The van der Waals surface area contributed by atoms with Crippen LogP contribution in [0, 0.1) is 0 Å². The highest BCUT2D eigenvalue weighted by atomic mass is 79.9. The third kappa shape index (κ3) is 1.36. The van der Waals surface area contributed by atoms with Crippen LogP contribution in [0.4, 0.5) is 0 Å². The molecule has 0 aliphatic heterocycles. The van der Waals surface area contributed by atoms with E-state index in [1.807, 2.05) is 6.07 Å². The molecule has 0 saturated heterocycles. The van der Waals surface area contributed by atoms with E-state index in [1.165, 1.54) is 11.3 Å². The summed E-state index contributed by atoms with van der Waals surface area (Å²) in [5.74, 6) is 0. The van der Waals surface area contributed by atoms with Crippen LogP contribution in [0.3, 0.4) is 0 Å². The van der Waals surface area contributed by atoms with Gasteiger partial charge in [0.2, 0.25) is 0 Å². The van der Waals surface area contributed by atoms with Gasteiger partial charge in [0, 0.05) is 4.47 Å². The van der Waals surface area contributed by atoms with Crippen LogP contribution in [0.25, 0.3) is 0 Å². The lowest BCUT2D eigenvalue weighted by molar-refractivity contribution is 1.86. The minimum Gasteiger partial charge on any atom is -0.144 e. The fourth-order valence-corrected chi connectivity index (χ4v) is 2.22. The van der Waals surface area contributed by atoms with Crippen molar-refractivity contribution in [2.24, 2.45) is 0 Å². The number of hydrogen-bond donors (Lipinski definition) is 0. The van der Waals surface area contributed by atoms with Gasteiger partial charge in [-0.05, 0) is 42.7 Å². The molecule has 0 atom stereocenters. The number of thiophene rings is 1. The molecule has 0 aliphatic carbocycles. The Hall–Kier alpha value is 0.725. The molecule has 0 unspecified atom stereocenters. The second-order valence-corrected chi connectivity index (χ2v) is 4.53. The van der Waals surface area contributed by atoms with E-state index in [9.17, 15) is 0 Å². The molecule has 4 heteroatoms. The van der Waals surface area contributed by atoms with E-state index >= 15 is 0 Å². The van der Waals surface area contributed by atoms with Gasteiger partial charge in [0.15, 0.2) is 0 Å². The Labute approximate surface area is 70.0 Å². The van der Waals surface area contributed by atoms with Gasteiger partial charge in [-0.15, -0.1) is 11.3 Å². The van der Waals surface area contributed by atoms with Gasteiger partial charge in [-0.2, -0.15) is 0 Å². The summed E-state index contributed by atoms with van der Waals surface area (Å²) in [6.45, 7) is 0. The minimum atomic E-state index is 0.823. The summed E-state index contributed by atoms with van der Waals surface area (Å²) in [6.07, 6.45) is 0. The van der Waals surface area contributed by atoms with Crippen molar-refractivity contribution >= 4 is 55.8 Å². The zero-order valence-electron chi connectivity index (χ0n) is 3.82. The number of hydrogen-bond acceptors (Lipinski definition) is 1. The second kappa shape index (κ2) is 2.54. The predicted molar refractivity (Wildman–Crippen MR) is 45.1 cm³/mol. The summed E-state index contributed by atoms with van der Waals surface area (Å²) >= 11 is 8.12. The summed E-state index contributed by atoms with van der Waals surface area (Å²) in [7, 11) is 5.44. The molecule has 0 amide bonds. The molecule has 0 saturated carbocycles. The van der Waals surface area contributed by atoms with Crippen molar-refractivity contribution in [3.8, 4) is 0 Å². The Morgan fingerprint density at radius 1 is 1.50 bits per heavy atom. The molecule has 0 N–H and O–H groups in total. The highest BCUT2D eigenvalue weighted by molar-refractivity contribution is 9.13. The lowest BCUT2D eigenvalue weighted by Crippen LogP contribution is -1.88. The van der Waals surface area contributed by atoms with Gasteiger partial charge < -0.3 is 0 Å². The first-order chi connectivity index (χ1) is 3.70. The fraction of sp³-hybridized carbons (Fsp3) is 0. The van der Waals surface area contributed by atoms with Gasteiger partial charge in [0.1, 0.15) is 7.85 Å². The van der Waals surface area contributed by atoms with Crippen LogP contribution in [0.5, 0.6) is 0 Å². The average Bonchev–Trinajstić information content (AvgIpc) is 1.85. The normalized spacial score (nSPS) is 9.75. The van der Waals surface area contributed by atoms with E-state index in [-0.39, 0.29) is 0 Å². The van der Waals surface area contributed by atoms with E-state index in [2.05, 4.69) is 31.9 Å². The molecule has 0 aromatic carbocycles. The van der Waals surface area contributed by atoms with Crippen LogP contribution in [0.15, 0.2) is 14.3 Å². The van der Waals surface area contributed by atoms with Crippen molar-refractivity contribution < 1.29 is 0 Å². The Morgan fingerprint density at radius 2 is 2.12 bits per heavy atom. The Kier molecular flexibility index (Phi) is 2.17. The van der Waals surface area contributed by atoms with E-state index < -0.39 is 0 Å². The maximum Gasteiger partial charge on any atom is 0.128 e. The topological polar surface area (TPSA) is 0 Å². The van der Waals surface area contributed by atoms with Crippen molar-refractivity contribution in [1.82, 2.24) is 0 Å². The first-order valence-electron chi connectivity index (χ1n) is 1.90. The standard InChI is InChI=1S/C4HBBr2S/c5-3-1-2(6)4(7)8-3/h1H. The smallest absolute Gasteiger partial charge is 0.128 e. The SMILES string of the molecule is [B]c1cc(Br)c(Br)s1. The van der Waals surface area contributed by atoms with E-state index in [1.54, 1.807) is 0 Å². The maximum absolute atomic E-state index is 5.44. The van der Waals surface area contributed by atoms with Crippen LogP contribution in [-0.4, -0.2) is 7.85 Å². The molecule has 0 nitrogen and oxygen atoms in total. The number of halogens is 2. The van der Waals surface area contributed by atoms with Gasteiger partial charge in [0.25, 0.3) is 0 Å². The highest BCUT2D eigenvalue weighted by Crippen LogP contribution is 2.25. The molecule has 0 fully saturated rings. The summed E-state index contributed by atoms with van der Waals surface area (Å²) in [5.41, 5.74) is 0. The summed E-state index contributed by atoms with van der Waals surface area (Å²) in [6, 6.07) is 1.87. The van der Waals surface area contributed by atoms with Gasteiger partial charge in [-0.25, -0.2) is 0 Å². The van der Waals surface area contributed by atoms with Crippen LogP contribution < -0.4 is 4.78 Å². The molecule has 1 aromatic heterocycles. The molecule has 0 spiro atoms. The van der Waals surface area contributed by atoms with Gasteiger partial charge in [-0.1, -0.05) is 0 Å². The van der Waals surface area contributed by atoms with E-state index in [0.717, 1.165) is 13.0 Å². The summed E-state index contributed by atoms with van der Waals surface area (Å²) in [5, 5.41) is 0. The maximum atomic E-state index is 5.44. The second-order valence-electron chi connectivity index (χ2n) is 1.27. The third-order valence-electron chi connectivity index (χ3n) is 0.664. The Balaban J connectivity index is 3.14. The molecule has 1 rings (SSSR count). The Bertz CT molecular complexity index is 176. The average molecular weight is 252 g/mol. The lowest BCUT2D eigenvalue weighted by atomic mass is 10.1. The molecule has 1 aromatic rings. The van der Waals surface area contributed by atoms with Gasteiger partial charge in [-0.3, -0.25) is 0 Å². The summed E-state index contributed by atoms with van der Waals surface area (Å²) in [4.78, 5) is 0.